The zero-order chi connectivity index (χ0) is 12.3. The number of aryl methyl sites for hydroxylation is 4. The van der Waals surface area contributed by atoms with Crippen molar-refractivity contribution in [1.29, 1.82) is 0 Å². The van der Waals surface area contributed by atoms with E-state index < -0.39 is 0 Å². The van der Waals surface area contributed by atoms with Crippen molar-refractivity contribution in [2.45, 2.75) is 41.5 Å². The van der Waals surface area contributed by atoms with Gasteiger partial charge >= 0.3 is 17.4 Å². The molecule has 0 aromatic heterocycles. The molecule has 0 unspecified atom stereocenters. The van der Waals surface area contributed by atoms with Crippen molar-refractivity contribution in [2.24, 2.45) is 0 Å². The van der Waals surface area contributed by atoms with Gasteiger partial charge in [-0.15, -0.1) is 0 Å². The number of rotatable bonds is 0. The van der Waals surface area contributed by atoms with E-state index in [0.29, 0.717) is 0 Å². The van der Waals surface area contributed by atoms with Gasteiger partial charge in [0.1, 0.15) is 0 Å². The zero-order valence-electron chi connectivity index (χ0n) is 12.5. The molecule has 0 aliphatic carbocycles. The van der Waals surface area contributed by atoms with Crippen LogP contribution in [0, 0.1) is 41.5 Å². The molecule has 2 aromatic rings. The predicted octanol–water partition coefficient (Wildman–Crippen LogP) is -1.33. The molecule has 0 saturated carbocycles. The van der Waals surface area contributed by atoms with Gasteiger partial charge in [0, 0.05) is 0 Å². The Morgan fingerprint density at radius 2 is 0.947 bits per heavy atom. The zero-order valence-corrected chi connectivity index (χ0v) is 13.7. The number of halogens is 2. The van der Waals surface area contributed by atoms with Crippen LogP contribution in [0.1, 0.15) is 33.4 Å². The Bertz CT molecular complexity index is 384. The van der Waals surface area contributed by atoms with Crippen LogP contribution in [-0.2, 0) is 17.4 Å². The first-order chi connectivity index (χ1) is 7.43. The second kappa shape index (κ2) is 9.95. The molecule has 0 aliphatic rings. The van der Waals surface area contributed by atoms with Crippen molar-refractivity contribution in [3.05, 3.63) is 57.6 Å². The molecule has 19 heavy (non-hydrogen) atoms. The van der Waals surface area contributed by atoms with Gasteiger partial charge in [-0.25, -0.2) is 12.1 Å². The van der Waals surface area contributed by atoms with Crippen LogP contribution in [0.25, 0.3) is 0 Å². The van der Waals surface area contributed by atoms with E-state index in [0.717, 1.165) is 0 Å². The van der Waals surface area contributed by atoms with E-state index in [1.165, 1.54) is 33.4 Å². The van der Waals surface area contributed by atoms with Crippen LogP contribution in [0.4, 0.5) is 0 Å². The summed E-state index contributed by atoms with van der Waals surface area (Å²) in [4.78, 5) is 0. The van der Waals surface area contributed by atoms with Gasteiger partial charge in [-0.05, 0) is 0 Å². The topological polar surface area (TPSA) is 0 Å². The normalized spacial score (nSPS) is 8.32. The molecule has 0 heterocycles. The van der Waals surface area contributed by atoms with Gasteiger partial charge in [0.15, 0.2) is 0 Å². The molecule has 106 valence electrons. The van der Waals surface area contributed by atoms with Crippen LogP contribution in [-0.4, -0.2) is 0 Å². The van der Waals surface area contributed by atoms with E-state index in [-0.39, 0.29) is 26.8 Å². The first-order valence-electron chi connectivity index (χ1n) is 5.82. The Balaban J connectivity index is -0.000000233. The molecule has 0 bridgehead atoms. The molecule has 0 nitrogen and oxygen atoms in total. The fourth-order valence-corrected chi connectivity index (χ4v) is 1.62. The van der Waals surface area contributed by atoms with Crippen LogP contribution < -0.4 is 9.41 Å². The Hall–Kier alpha value is -0.908. The minimum atomic E-state index is 0. The number of hydrogen-bond donors (Lipinski definition) is 0. The van der Waals surface area contributed by atoms with Gasteiger partial charge < -0.3 is 9.41 Å². The Labute approximate surface area is 126 Å². The molecule has 0 radical (unpaired) electrons. The monoisotopic (exact) mass is 304 g/mol. The molecule has 0 spiro atoms. The molecular weight excluding hydrogens is 282 g/mol. The summed E-state index contributed by atoms with van der Waals surface area (Å²) in [6, 6.07) is 8.63. The molecule has 0 aliphatic heterocycles. The Kier molecular flexibility index (Phi) is 12.2. The summed E-state index contributed by atoms with van der Waals surface area (Å²) in [7, 11) is 0. The van der Waals surface area contributed by atoms with Gasteiger partial charge in [-0.3, -0.25) is 0 Å². The summed E-state index contributed by atoms with van der Waals surface area (Å²) in [5.41, 5.74) is 8.49. The summed E-state index contributed by atoms with van der Waals surface area (Å²) in [5.74, 6) is 0. The second-order valence-corrected chi connectivity index (χ2v) is 4.65. The van der Waals surface area contributed by atoms with Crippen LogP contribution in [0.2, 0.25) is 0 Å². The summed E-state index contributed by atoms with van der Waals surface area (Å²) in [6.45, 7) is 12.9. The summed E-state index contributed by atoms with van der Waals surface area (Å²) < 4.78 is 0. The average molecular weight is 304 g/mol. The van der Waals surface area contributed by atoms with E-state index in [1.54, 1.807) is 0 Å². The smallest absolute Gasteiger partial charge is 1.00 e. The van der Waals surface area contributed by atoms with Crippen molar-refractivity contribution in [1.82, 2.24) is 0 Å². The van der Waals surface area contributed by atoms with Gasteiger partial charge in [0.05, 0.1) is 0 Å². The van der Waals surface area contributed by atoms with Gasteiger partial charge in [0.25, 0.3) is 0 Å². The van der Waals surface area contributed by atoms with Gasteiger partial charge in [0.2, 0.25) is 0 Å². The van der Waals surface area contributed by atoms with Gasteiger partial charge in [-0.2, -0.15) is 45.5 Å². The fraction of sp³-hybridized carbons (Fsp3) is 0.375. The molecule has 2 rings (SSSR count). The Morgan fingerprint density at radius 3 is 1.00 bits per heavy atom. The third-order valence-electron chi connectivity index (χ3n) is 3.53. The molecule has 0 amide bonds. The fourth-order valence-electron chi connectivity index (χ4n) is 1.62. The SMILES string of the molecule is Cc1cc[c-](C)c1C.Cc1cc[c-](C)c1C.[Cr+4].[F-].[F-]. The first-order valence-corrected chi connectivity index (χ1v) is 5.82. The average Bonchev–Trinajstić information content (AvgIpc) is 2.70. The van der Waals surface area contributed by atoms with Gasteiger partial charge in [-0.1, -0.05) is 41.5 Å². The molecule has 0 N–H and O–H groups in total. The quantitative estimate of drug-likeness (QED) is 0.529. The summed E-state index contributed by atoms with van der Waals surface area (Å²) in [6.07, 6.45) is 0. The molecule has 0 atom stereocenters. The van der Waals surface area contributed by atoms with E-state index >= 15 is 0 Å². The van der Waals surface area contributed by atoms with E-state index in [4.69, 9.17) is 0 Å². The molecule has 3 heteroatoms. The predicted molar refractivity (Wildman–Crippen MR) is 72.5 cm³/mol. The van der Waals surface area contributed by atoms with Crippen molar-refractivity contribution in [2.75, 3.05) is 0 Å². The molecule has 0 saturated heterocycles. The minimum Gasteiger partial charge on any atom is -1.00 e. The Morgan fingerprint density at radius 1 is 0.684 bits per heavy atom. The third kappa shape index (κ3) is 6.18. The first kappa shape index (κ1) is 23.2. The summed E-state index contributed by atoms with van der Waals surface area (Å²) in [5, 5.41) is 0. The van der Waals surface area contributed by atoms with E-state index in [9.17, 15) is 0 Å². The van der Waals surface area contributed by atoms with E-state index in [1.807, 2.05) is 0 Å². The van der Waals surface area contributed by atoms with Crippen molar-refractivity contribution >= 4 is 0 Å². The third-order valence-corrected chi connectivity index (χ3v) is 3.53. The molecular formula is C16H22CrF2. The van der Waals surface area contributed by atoms with Crippen molar-refractivity contribution in [3.8, 4) is 0 Å². The van der Waals surface area contributed by atoms with Crippen molar-refractivity contribution < 1.29 is 26.8 Å². The summed E-state index contributed by atoms with van der Waals surface area (Å²) >= 11 is 0. The van der Waals surface area contributed by atoms with Crippen LogP contribution in [0.5, 0.6) is 0 Å². The standard InChI is InChI=1S/2C8H11.Cr.2FH/c2*1-6-4-5-7(2)8(6)3;;;/h2*4-5H,1-3H3;;2*1H/q2*-1;+4;;/p-2. The maximum absolute atomic E-state index is 2.16. The second-order valence-electron chi connectivity index (χ2n) is 4.65. The largest absolute Gasteiger partial charge is 4.00 e. The van der Waals surface area contributed by atoms with Crippen LogP contribution in [0.15, 0.2) is 24.3 Å². The van der Waals surface area contributed by atoms with Crippen molar-refractivity contribution in [3.63, 3.8) is 0 Å². The number of hydrogen-bond acceptors (Lipinski definition) is 0. The maximum Gasteiger partial charge on any atom is 4.00 e. The molecule has 0 fully saturated rings. The minimum absolute atomic E-state index is 0. The van der Waals surface area contributed by atoms with Crippen LogP contribution >= 0.6 is 0 Å². The van der Waals surface area contributed by atoms with Crippen LogP contribution in [0.3, 0.4) is 0 Å². The molecule has 2 aromatic carbocycles. The van der Waals surface area contributed by atoms with E-state index in [2.05, 4.69) is 65.8 Å². The maximum atomic E-state index is 2.16.